The van der Waals surface area contributed by atoms with Crippen LogP contribution in [-0.4, -0.2) is 19.6 Å². The number of rotatable bonds is 4. The van der Waals surface area contributed by atoms with E-state index in [-0.39, 0.29) is 5.91 Å². The molecule has 0 heterocycles. The summed E-state index contributed by atoms with van der Waals surface area (Å²) in [5.41, 5.74) is 8.84. The van der Waals surface area contributed by atoms with Gasteiger partial charge in [-0.25, -0.2) is 0 Å². The van der Waals surface area contributed by atoms with Gasteiger partial charge >= 0.3 is 0 Å². The van der Waals surface area contributed by atoms with E-state index in [0.29, 0.717) is 23.5 Å². The van der Waals surface area contributed by atoms with Crippen LogP contribution in [0.25, 0.3) is 0 Å². The van der Waals surface area contributed by atoms with Crippen LogP contribution in [0.3, 0.4) is 0 Å². The second-order valence-electron chi connectivity index (χ2n) is 4.84. The third-order valence-electron chi connectivity index (χ3n) is 3.36. The zero-order valence-corrected chi connectivity index (χ0v) is 12.6. The molecule has 0 bridgehead atoms. The lowest BCUT2D eigenvalue weighted by Crippen LogP contribution is -2.30. The zero-order chi connectivity index (χ0) is 15.4. The van der Waals surface area contributed by atoms with Crippen molar-refractivity contribution in [2.24, 2.45) is 0 Å². The van der Waals surface area contributed by atoms with Gasteiger partial charge < -0.3 is 15.4 Å². The molecule has 0 aliphatic heterocycles. The Hall–Kier alpha value is -2.49. The van der Waals surface area contributed by atoms with Gasteiger partial charge in [0.25, 0.3) is 5.91 Å². The highest BCUT2D eigenvalue weighted by Gasteiger charge is 2.19. The van der Waals surface area contributed by atoms with Crippen molar-refractivity contribution in [1.82, 2.24) is 0 Å². The van der Waals surface area contributed by atoms with Crippen LogP contribution in [0.1, 0.15) is 22.8 Å². The maximum atomic E-state index is 12.8. The largest absolute Gasteiger partial charge is 0.496 e. The molecule has 0 spiro atoms. The Balaban J connectivity index is 2.39. The molecule has 4 heteroatoms. The standard InChI is InChI=1S/C17H20N2O2/c1-4-19(14-8-5-12(2)6-9-14)17(20)15-10-7-13(18)11-16(15)21-3/h5-11H,4,18H2,1-3H3. The van der Waals surface area contributed by atoms with Crippen LogP contribution in [0.15, 0.2) is 42.5 Å². The molecule has 2 aromatic carbocycles. The first-order chi connectivity index (χ1) is 10.1. The first-order valence-electron chi connectivity index (χ1n) is 6.89. The van der Waals surface area contributed by atoms with Gasteiger partial charge in [-0.1, -0.05) is 17.7 Å². The Morgan fingerprint density at radius 2 is 1.86 bits per heavy atom. The third kappa shape index (κ3) is 3.16. The predicted octanol–water partition coefficient (Wildman–Crippen LogP) is 3.25. The Morgan fingerprint density at radius 1 is 1.19 bits per heavy atom. The summed E-state index contributed by atoms with van der Waals surface area (Å²) in [4.78, 5) is 14.5. The Labute approximate surface area is 125 Å². The molecule has 1 amide bonds. The molecule has 2 rings (SSSR count). The minimum Gasteiger partial charge on any atom is -0.496 e. The van der Waals surface area contributed by atoms with Crippen molar-refractivity contribution in [3.63, 3.8) is 0 Å². The van der Waals surface area contributed by atoms with Gasteiger partial charge in [-0.15, -0.1) is 0 Å². The zero-order valence-electron chi connectivity index (χ0n) is 12.6. The summed E-state index contributed by atoms with van der Waals surface area (Å²) < 4.78 is 5.27. The summed E-state index contributed by atoms with van der Waals surface area (Å²) in [6.07, 6.45) is 0. The maximum absolute atomic E-state index is 12.8. The van der Waals surface area contributed by atoms with E-state index in [1.165, 1.54) is 7.11 Å². The molecular formula is C17H20N2O2. The van der Waals surface area contributed by atoms with Gasteiger partial charge in [0.2, 0.25) is 0 Å². The third-order valence-corrected chi connectivity index (χ3v) is 3.36. The molecule has 110 valence electrons. The number of carbonyl (C=O) groups excluding carboxylic acids is 1. The highest BCUT2D eigenvalue weighted by molar-refractivity contribution is 6.08. The lowest BCUT2D eigenvalue weighted by atomic mass is 10.1. The van der Waals surface area contributed by atoms with E-state index < -0.39 is 0 Å². The summed E-state index contributed by atoms with van der Waals surface area (Å²) in [5, 5.41) is 0. The monoisotopic (exact) mass is 284 g/mol. The topological polar surface area (TPSA) is 55.6 Å². The van der Waals surface area contributed by atoms with Crippen LogP contribution in [0, 0.1) is 6.92 Å². The number of nitrogen functional groups attached to an aromatic ring is 1. The van der Waals surface area contributed by atoms with Crippen molar-refractivity contribution in [3.8, 4) is 5.75 Å². The van der Waals surface area contributed by atoms with Crippen molar-refractivity contribution >= 4 is 17.3 Å². The molecule has 2 aromatic rings. The van der Waals surface area contributed by atoms with E-state index in [2.05, 4.69) is 0 Å². The van der Waals surface area contributed by atoms with Crippen LogP contribution in [0.4, 0.5) is 11.4 Å². The van der Waals surface area contributed by atoms with Crippen LogP contribution in [0.5, 0.6) is 5.75 Å². The van der Waals surface area contributed by atoms with Gasteiger partial charge in [0.05, 0.1) is 12.7 Å². The summed E-state index contributed by atoms with van der Waals surface area (Å²) >= 11 is 0. The Kier molecular flexibility index (Phi) is 4.48. The summed E-state index contributed by atoms with van der Waals surface area (Å²) in [6.45, 7) is 4.54. The molecule has 0 aliphatic rings. The van der Waals surface area contributed by atoms with Crippen LogP contribution in [0.2, 0.25) is 0 Å². The molecule has 21 heavy (non-hydrogen) atoms. The number of benzene rings is 2. The van der Waals surface area contributed by atoms with Crippen LogP contribution < -0.4 is 15.4 Å². The van der Waals surface area contributed by atoms with Crippen molar-refractivity contribution < 1.29 is 9.53 Å². The quantitative estimate of drug-likeness (QED) is 0.877. The van der Waals surface area contributed by atoms with E-state index in [1.54, 1.807) is 23.1 Å². The lowest BCUT2D eigenvalue weighted by Gasteiger charge is -2.22. The van der Waals surface area contributed by atoms with Crippen LogP contribution in [-0.2, 0) is 0 Å². The number of hydrogen-bond donors (Lipinski definition) is 1. The molecule has 0 saturated heterocycles. The van der Waals surface area contributed by atoms with Gasteiger partial charge in [0, 0.05) is 24.0 Å². The Bertz CT molecular complexity index is 636. The van der Waals surface area contributed by atoms with Gasteiger partial charge in [0.15, 0.2) is 0 Å². The summed E-state index contributed by atoms with van der Waals surface area (Å²) in [7, 11) is 1.54. The Morgan fingerprint density at radius 3 is 2.43 bits per heavy atom. The second-order valence-corrected chi connectivity index (χ2v) is 4.84. The average molecular weight is 284 g/mol. The van der Waals surface area contributed by atoms with E-state index in [9.17, 15) is 4.79 Å². The second kappa shape index (κ2) is 6.31. The summed E-state index contributed by atoms with van der Waals surface area (Å²) in [6, 6.07) is 12.9. The minimum absolute atomic E-state index is 0.0989. The number of ether oxygens (including phenoxy) is 1. The fourth-order valence-electron chi connectivity index (χ4n) is 2.20. The molecule has 0 radical (unpaired) electrons. The van der Waals surface area contributed by atoms with Gasteiger partial charge in [0.1, 0.15) is 5.75 Å². The van der Waals surface area contributed by atoms with Gasteiger partial charge in [-0.2, -0.15) is 0 Å². The molecule has 0 unspecified atom stereocenters. The normalized spacial score (nSPS) is 10.2. The number of hydrogen-bond acceptors (Lipinski definition) is 3. The molecular weight excluding hydrogens is 264 g/mol. The van der Waals surface area contributed by atoms with E-state index >= 15 is 0 Å². The maximum Gasteiger partial charge on any atom is 0.262 e. The number of carbonyl (C=O) groups is 1. The lowest BCUT2D eigenvalue weighted by molar-refractivity contribution is 0.0985. The fourth-order valence-corrected chi connectivity index (χ4v) is 2.20. The van der Waals surface area contributed by atoms with Gasteiger partial charge in [-0.3, -0.25) is 4.79 Å². The molecule has 0 aromatic heterocycles. The number of amides is 1. The van der Waals surface area contributed by atoms with Crippen LogP contribution >= 0.6 is 0 Å². The minimum atomic E-state index is -0.0989. The first kappa shape index (κ1) is 14.9. The number of anilines is 2. The molecule has 4 nitrogen and oxygen atoms in total. The highest BCUT2D eigenvalue weighted by Crippen LogP contribution is 2.25. The van der Waals surface area contributed by atoms with E-state index in [1.807, 2.05) is 38.1 Å². The van der Waals surface area contributed by atoms with Crippen molar-refractivity contribution in [1.29, 1.82) is 0 Å². The van der Waals surface area contributed by atoms with Crippen molar-refractivity contribution in [2.75, 3.05) is 24.3 Å². The number of nitrogens with zero attached hydrogens (tertiary/aromatic N) is 1. The molecule has 2 N–H and O–H groups in total. The van der Waals surface area contributed by atoms with Gasteiger partial charge in [-0.05, 0) is 38.1 Å². The van der Waals surface area contributed by atoms with E-state index in [4.69, 9.17) is 10.5 Å². The number of nitrogens with two attached hydrogens (primary N) is 1. The summed E-state index contributed by atoms with van der Waals surface area (Å²) in [5.74, 6) is 0.392. The van der Waals surface area contributed by atoms with Crippen molar-refractivity contribution in [2.45, 2.75) is 13.8 Å². The van der Waals surface area contributed by atoms with E-state index in [0.717, 1.165) is 11.3 Å². The number of methoxy groups -OCH3 is 1. The first-order valence-corrected chi connectivity index (χ1v) is 6.89. The SMILES string of the molecule is CCN(C(=O)c1ccc(N)cc1OC)c1ccc(C)cc1. The van der Waals surface area contributed by atoms with Crippen molar-refractivity contribution in [3.05, 3.63) is 53.6 Å². The molecule has 0 fully saturated rings. The molecule has 0 aliphatic carbocycles. The smallest absolute Gasteiger partial charge is 0.262 e. The average Bonchev–Trinajstić information content (AvgIpc) is 2.49. The highest BCUT2D eigenvalue weighted by atomic mass is 16.5. The predicted molar refractivity (Wildman–Crippen MR) is 85.9 cm³/mol. The molecule has 0 atom stereocenters. The number of aryl methyl sites for hydroxylation is 1. The molecule has 0 saturated carbocycles. The fraction of sp³-hybridized carbons (Fsp3) is 0.235.